The maximum atomic E-state index is 13.7. The number of hydrogen-bond donors (Lipinski definition) is 1. The topological polar surface area (TPSA) is 80.7 Å². The summed E-state index contributed by atoms with van der Waals surface area (Å²) in [7, 11) is -1.95. The number of aliphatic carboxylic acids is 1. The van der Waals surface area contributed by atoms with E-state index in [2.05, 4.69) is 0 Å². The van der Waals surface area contributed by atoms with Crippen molar-refractivity contribution in [1.82, 2.24) is 0 Å². The second-order valence-corrected chi connectivity index (χ2v) is 8.59. The third-order valence-electron chi connectivity index (χ3n) is 4.26. The lowest BCUT2D eigenvalue weighted by Gasteiger charge is -2.29. The molecule has 0 atom stereocenters. The van der Waals surface area contributed by atoms with Gasteiger partial charge >= 0.3 is 5.97 Å². The lowest BCUT2D eigenvalue weighted by molar-refractivity contribution is -0.130. The van der Waals surface area contributed by atoms with Crippen LogP contribution >= 0.6 is 0 Å². The average molecular weight is 392 g/mol. The monoisotopic (exact) mass is 392 g/mol. The summed E-state index contributed by atoms with van der Waals surface area (Å²) in [6.45, 7) is 3.38. The van der Waals surface area contributed by atoms with Gasteiger partial charge < -0.3 is 9.84 Å². The van der Waals surface area contributed by atoms with Crippen molar-refractivity contribution in [3.63, 3.8) is 0 Å². The molecule has 0 heterocycles. The Labute approximate surface area is 158 Å². The lowest BCUT2D eigenvalue weighted by Crippen LogP contribution is -2.27. The fourth-order valence-electron chi connectivity index (χ4n) is 2.78. The summed E-state index contributed by atoms with van der Waals surface area (Å²) < 4.78 is 42.6. The number of sulfone groups is 1. The number of carbonyl (C=O) groups is 1. The predicted molar refractivity (Wildman–Crippen MR) is 101 cm³/mol. The molecule has 0 aliphatic heterocycles. The van der Waals surface area contributed by atoms with Gasteiger partial charge in [-0.2, -0.15) is 0 Å². The highest BCUT2D eigenvalue weighted by molar-refractivity contribution is 7.90. The molecule has 27 heavy (non-hydrogen) atoms. The third kappa shape index (κ3) is 4.61. The Balaban J connectivity index is 2.84. The van der Waals surface area contributed by atoms with Crippen LogP contribution in [0.2, 0.25) is 0 Å². The zero-order valence-corrected chi connectivity index (χ0v) is 16.3. The minimum Gasteiger partial charge on any atom is -0.478 e. The Morgan fingerprint density at radius 2 is 1.67 bits per heavy atom. The van der Waals surface area contributed by atoms with Gasteiger partial charge in [0.15, 0.2) is 9.84 Å². The molecule has 144 valence electrons. The van der Waals surface area contributed by atoms with Crippen molar-refractivity contribution in [2.24, 2.45) is 0 Å². The van der Waals surface area contributed by atoms with Crippen LogP contribution in [0.15, 0.2) is 53.4 Å². The number of ether oxygens (including phenoxy) is 1. The number of rotatable bonds is 6. The number of hydrogen-bond acceptors (Lipinski definition) is 4. The van der Waals surface area contributed by atoms with E-state index in [-0.39, 0.29) is 16.0 Å². The zero-order valence-electron chi connectivity index (χ0n) is 15.5. The third-order valence-corrected chi connectivity index (χ3v) is 5.39. The summed E-state index contributed by atoms with van der Waals surface area (Å²) in [5.41, 5.74) is -0.186. The van der Waals surface area contributed by atoms with Crippen molar-refractivity contribution >= 4 is 27.0 Å². The molecule has 0 saturated carbocycles. The Hall–Kier alpha value is -2.51. The summed E-state index contributed by atoms with van der Waals surface area (Å²) in [5.74, 6) is -1.80. The minimum atomic E-state index is -3.39. The summed E-state index contributed by atoms with van der Waals surface area (Å²) in [6.07, 6.45) is 1.09. The van der Waals surface area contributed by atoms with Crippen molar-refractivity contribution in [3.8, 4) is 0 Å². The molecule has 2 rings (SSSR count). The quantitative estimate of drug-likeness (QED) is 0.600. The van der Waals surface area contributed by atoms with Gasteiger partial charge in [-0.25, -0.2) is 17.6 Å². The Bertz CT molecular complexity index is 989. The van der Waals surface area contributed by atoms with Gasteiger partial charge in [0.25, 0.3) is 0 Å². The van der Waals surface area contributed by atoms with E-state index in [1.807, 2.05) is 0 Å². The highest BCUT2D eigenvalue weighted by Crippen LogP contribution is 2.37. The molecular formula is C20H21FO5S. The van der Waals surface area contributed by atoms with Gasteiger partial charge in [0.1, 0.15) is 5.82 Å². The Kier molecular flexibility index (Phi) is 5.87. The standard InChI is InChI=1S/C20H21FO5S/c1-20(2,26-3)18(13-8-10-16(11-9-13)27(4,24)25)17(19(22)23)14-6-5-7-15(21)12-14/h5-12H,1-4H3,(H,22,23). The lowest BCUT2D eigenvalue weighted by atomic mass is 9.84. The first kappa shape index (κ1) is 20.8. The molecule has 5 nitrogen and oxygen atoms in total. The molecule has 0 amide bonds. The molecular weight excluding hydrogens is 371 g/mol. The largest absolute Gasteiger partial charge is 0.478 e. The van der Waals surface area contributed by atoms with Crippen molar-refractivity contribution in [2.45, 2.75) is 24.3 Å². The normalized spacial score (nSPS) is 13.2. The Morgan fingerprint density at radius 1 is 1.07 bits per heavy atom. The molecule has 0 bridgehead atoms. The zero-order chi connectivity index (χ0) is 20.4. The number of halogens is 1. The van der Waals surface area contributed by atoms with Crippen LogP contribution in [0.1, 0.15) is 25.0 Å². The number of carboxylic acid groups (broad SMARTS) is 1. The van der Waals surface area contributed by atoms with E-state index in [1.165, 1.54) is 49.6 Å². The first-order valence-electron chi connectivity index (χ1n) is 8.07. The maximum Gasteiger partial charge on any atom is 0.336 e. The summed E-state index contributed by atoms with van der Waals surface area (Å²) >= 11 is 0. The van der Waals surface area contributed by atoms with Crippen LogP contribution in [0.3, 0.4) is 0 Å². The van der Waals surface area contributed by atoms with Gasteiger partial charge in [-0.15, -0.1) is 0 Å². The fraction of sp³-hybridized carbons (Fsp3) is 0.250. The van der Waals surface area contributed by atoms with Crippen LogP contribution in [-0.4, -0.2) is 38.5 Å². The van der Waals surface area contributed by atoms with E-state index in [9.17, 15) is 22.7 Å². The molecule has 0 aliphatic rings. The van der Waals surface area contributed by atoms with Crippen LogP contribution in [0.25, 0.3) is 11.1 Å². The SMILES string of the molecule is COC(C)(C)C(=C(C(=O)O)c1cccc(F)c1)c1ccc(S(C)(=O)=O)cc1. The molecule has 0 radical (unpaired) electrons. The first-order valence-corrected chi connectivity index (χ1v) is 9.96. The molecule has 1 N–H and O–H groups in total. The van der Waals surface area contributed by atoms with Crippen molar-refractivity contribution < 1.29 is 27.4 Å². The smallest absolute Gasteiger partial charge is 0.336 e. The summed E-state index contributed by atoms with van der Waals surface area (Å²) in [4.78, 5) is 12.2. The van der Waals surface area contributed by atoms with Gasteiger partial charge in [-0.05, 0) is 49.2 Å². The van der Waals surface area contributed by atoms with Crippen molar-refractivity contribution in [3.05, 3.63) is 65.5 Å². The molecule has 2 aromatic carbocycles. The van der Waals surface area contributed by atoms with Gasteiger partial charge in [-0.3, -0.25) is 0 Å². The molecule has 0 aromatic heterocycles. The van der Waals surface area contributed by atoms with Crippen molar-refractivity contribution in [1.29, 1.82) is 0 Å². The van der Waals surface area contributed by atoms with E-state index >= 15 is 0 Å². The molecule has 0 fully saturated rings. The van der Waals surface area contributed by atoms with E-state index < -0.39 is 27.2 Å². The highest BCUT2D eigenvalue weighted by Gasteiger charge is 2.31. The van der Waals surface area contributed by atoms with Crippen LogP contribution < -0.4 is 0 Å². The highest BCUT2D eigenvalue weighted by atomic mass is 32.2. The number of benzene rings is 2. The number of carboxylic acids is 1. The van der Waals surface area contributed by atoms with Crippen LogP contribution in [-0.2, 0) is 19.4 Å². The molecule has 0 spiro atoms. The van der Waals surface area contributed by atoms with E-state index in [0.717, 1.165) is 12.3 Å². The second-order valence-electron chi connectivity index (χ2n) is 6.58. The van der Waals surface area contributed by atoms with Crippen molar-refractivity contribution in [2.75, 3.05) is 13.4 Å². The van der Waals surface area contributed by atoms with Crippen LogP contribution in [0.5, 0.6) is 0 Å². The van der Waals surface area contributed by atoms with E-state index in [4.69, 9.17) is 4.74 Å². The molecule has 0 saturated heterocycles. The van der Waals surface area contributed by atoms with Gasteiger partial charge in [0.2, 0.25) is 0 Å². The van der Waals surface area contributed by atoms with Crippen LogP contribution in [0, 0.1) is 5.82 Å². The molecule has 0 aliphatic carbocycles. The summed E-state index contributed by atoms with van der Waals surface area (Å²) in [6, 6.07) is 11.2. The van der Waals surface area contributed by atoms with Gasteiger partial charge in [-0.1, -0.05) is 24.3 Å². The molecule has 0 unspecified atom stereocenters. The second kappa shape index (κ2) is 7.62. The van der Waals surface area contributed by atoms with Gasteiger partial charge in [0.05, 0.1) is 16.1 Å². The van der Waals surface area contributed by atoms with Crippen LogP contribution in [0.4, 0.5) is 4.39 Å². The molecule has 7 heteroatoms. The number of methoxy groups -OCH3 is 1. The van der Waals surface area contributed by atoms with E-state index in [1.54, 1.807) is 13.8 Å². The van der Waals surface area contributed by atoms with Gasteiger partial charge in [0, 0.05) is 18.9 Å². The fourth-order valence-corrected chi connectivity index (χ4v) is 3.41. The minimum absolute atomic E-state index is 0.114. The first-order chi connectivity index (χ1) is 12.5. The summed E-state index contributed by atoms with van der Waals surface area (Å²) in [5, 5.41) is 9.86. The van der Waals surface area contributed by atoms with E-state index in [0.29, 0.717) is 11.1 Å². The molecule has 2 aromatic rings. The average Bonchev–Trinajstić information content (AvgIpc) is 2.58. The Morgan fingerprint density at radius 3 is 2.11 bits per heavy atom. The maximum absolute atomic E-state index is 13.7. The predicted octanol–water partition coefficient (Wildman–Crippen LogP) is 3.65.